The third kappa shape index (κ3) is 2.60. The number of anilines is 1. The molecule has 6 nitrogen and oxygen atoms in total. The lowest BCUT2D eigenvalue weighted by molar-refractivity contribution is 0.0601. The van der Waals surface area contributed by atoms with Crippen molar-refractivity contribution in [3.8, 4) is 5.88 Å². The fourth-order valence-electron chi connectivity index (χ4n) is 1.35. The van der Waals surface area contributed by atoms with Gasteiger partial charge >= 0.3 is 5.97 Å². The minimum absolute atomic E-state index is 0.224. The van der Waals surface area contributed by atoms with E-state index in [0.29, 0.717) is 5.76 Å². The summed E-state index contributed by atoms with van der Waals surface area (Å²) in [7, 11) is 1.28. The molecular weight excluding hydrogens is 236 g/mol. The van der Waals surface area contributed by atoms with Crippen LogP contribution in [0.5, 0.6) is 5.88 Å². The Balaban J connectivity index is 2.12. The molecule has 2 rings (SSSR count). The van der Waals surface area contributed by atoms with Crippen LogP contribution in [0.3, 0.4) is 0 Å². The second-order valence-electron chi connectivity index (χ2n) is 3.47. The van der Waals surface area contributed by atoms with E-state index in [0.717, 1.165) is 0 Å². The van der Waals surface area contributed by atoms with Gasteiger partial charge in [0.2, 0.25) is 5.88 Å². The van der Waals surface area contributed by atoms with Gasteiger partial charge in [-0.25, -0.2) is 9.78 Å². The topological polar surface area (TPSA) is 87.6 Å². The lowest BCUT2D eigenvalue weighted by Gasteiger charge is -2.07. The Bertz CT molecular complexity index is 537. The fourth-order valence-corrected chi connectivity index (χ4v) is 1.35. The molecule has 6 heteroatoms. The highest BCUT2D eigenvalue weighted by atomic mass is 16.5. The summed E-state index contributed by atoms with van der Waals surface area (Å²) in [6.07, 6.45) is 2.90. The maximum Gasteiger partial charge on any atom is 0.340 e. The van der Waals surface area contributed by atoms with E-state index >= 15 is 0 Å². The normalized spacial score (nSPS) is 10.1. The lowest BCUT2D eigenvalue weighted by atomic mass is 10.2. The number of nitrogens with zero attached hydrogens (tertiary/aromatic N) is 1. The van der Waals surface area contributed by atoms with Crippen molar-refractivity contribution in [2.24, 2.45) is 0 Å². The van der Waals surface area contributed by atoms with Crippen molar-refractivity contribution in [3.63, 3.8) is 0 Å². The summed E-state index contributed by atoms with van der Waals surface area (Å²) >= 11 is 0. The molecule has 0 amide bonds. The van der Waals surface area contributed by atoms with Crippen molar-refractivity contribution in [2.75, 3.05) is 12.8 Å². The zero-order valence-electron chi connectivity index (χ0n) is 9.75. The van der Waals surface area contributed by atoms with Gasteiger partial charge in [0.15, 0.2) is 0 Å². The molecule has 0 spiro atoms. The number of furan rings is 1. The number of rotatable bonds is 4. The standard InChI is InChI=1S/C12H12N2O4/c1-16-12(15)9-5-11(14-6-10(9)13)18-7-8-3-2-4-17-8/h2-6H,7,13H2,1H3. The SMILES string of the molecule is COC(=O)c1cc(OCc2ccco2)ncc1N. The summed E-state index contributed by atoms with van der Waals surface area (Å²) in [5.41, 5.74) is 6.09. The van der Waals surface area contributed by atoms with Crippen molar-refractivity contribution in [1.82, 2.24) is 4.98 Å². The van der Waals surface area contributed by atoms with Gasteiger partial charge in [0.25, 0.3) is 0 Å². The summed E-state index contributed by atoms with van der Waals surface area (Å²) in [6.45, 7) is 0.227. The maximum absolute atomic E-state index is 11.4. The molecule has 0 aliphatic heterocycles. The molecular formula is C12H12N2O4. The van der Waals surface area contributed by atoms with Crippen molar-refractivity contribution >= 4 is 11.7 Å². The van der Waals surface area contributed by atoms with Crippen LogP contribution in [-0.2, 0) is 11.3 Å². The van der Waals surface area contributed by atoms with Crippen LogP contribution < -0.4 is 10.5 Å². The molecule has 2 N–H and O–H groups in total. The maximum atomic E-state index is 11.4. The number of nitrogens with two attached hydrogens (primary N) is 1. The molecule has 0 aliphatic carbocycles. The molecule has 2 aromatic rings. The Kier molecular flexibility index (Phi) is 3.47. The molecule has 0 aliphatic rings. The Morgan fingerprint density at radius 2 is 2.39 bits per heavy atom. The zero-order valence-corrected chi connectivity index (χ0v) is 9.75. The summed E-state index contributed by atoms with van der Waals surface area (Å²) in [5, 5.41) is 0. The van der Waals surface area contributed by atoms with Crippen LogP contribution in [0, 0.1) is 0 Å². The van der Waals surface area contributed by atoms with Gasteiger partial charge in [-0.15, -0.1) is 0 Å². The van der Waals surface area contributed by atoms with Gasteiger partial charge in [0, 0.05) is 6.07 Å². The molecule has 0 unspecified atom stereocenters. The molecule has 0 fully saturated rings. The molecule has 2 heterocycles. The van der Waals surface area contributed by atoms with Crippen LogP contribution >= 0.6 is 0 Å². The number of esters is 1. The molecule has 18 heavy (non-hydrogen) atoms. The number of carbonyl (C=O) groups is 1. The number of aromatic nitrogens is 1. The van der Waals surface area contributed by atoms with Crippen LogP contribution in [0.15, 0.2) is 35.1 Å². The number of pyridine rings is 1. The zero-order chi connectivity index (χ0) is 13.0. The van der Waals surface area contributed by atoms with Gasteiger partial charge in [-0.1, -0.05) is 0 Å². The van der Waals surface area contributed by atoms with E-state index in [1.807, 2.05) is 0 Å². The van der Waals surface area contributed by atoms with E-state index < -0.39 is 5.97 Å². The third-order valence-electron chi connectivity index (χ3n) is 2.26. The minimum atomic E-state index is -0.530. The number of hydrogen-bond acceptors (Lipinski definition) is 6. The third-order valence-corrected chi connectivity index (χ3v) is 2.26. The first-order valence-corrected chi connectivity index (χ1v) is 5.19. The Labute approximate surface area is 103 Å². The Hall–Kier alpha value is -2.50. The predicted molar refractivity (Wildman–Crippen MR) is 63.0 cm³/mol. The van der Waals surface area contributed by atoms with E-state index in [-0.39, 0.29) is 23.7 Å². The number of carbonyl (C=O) groups excluding carboxylic acids is 1. The molecule has 0 saturated heterocycles. The summed E-state index contributed by atoms with van der Waals surface area (Å²) < 4.78 is 15.1. The smallest absolute Gasteiger partial charge is 0.340 e. The van der Waals surface area contributed by atoms with E-state index in [1.165, 1.54) is 19.4 Å². The molecule has 0 atom stereocenters. The number of methoxy groups -OCH3 is 1. The Morgan fingerprint density at radius 3 is 3.06 bits per heavy atom. The summed E-state index contributed by atoms with van der Waals surface area (Å²) in [6, 6.07) is 4.97. The summed E-state index contributed by atoms with van der Waals surface area (Å²) in [5.74, 6) is 0.409. The first kappa shape index (κ1) is 12.0. The van der Waals surface area contributed by atoms with Crippen molar-refractivity contribution in [2.45, 2.75) is 6.61 Å². The monoisotopic (exact) mass is 248 g/mol. The Morgan fingerprint density at radius 1 is 1.56 bits per heavy atom. The van der Waals surface area contributed by atoms with E-state index in [1.54, 1.807) is 18.4 Å². The minimum Gasteiger partial charge on any atom is -0.469 e. The molecule has 0 bridgehead atoms. The number of hydrogen-bond donors (Lipinski definition) is 1. The van der Waals surface area contributed by atoms with Crippen LogP contribution in [-0.4, -0.2) is 18.1 Å². The van der Waals surface area contributed by atoms with Gasteiger partial charge in [-0.3, -0.25) is 0 Å². The molecule has 0 radical (unpaired) electrons. The van der Waals surface area contributed by atoms with Crippen LogP contribution in [0.1, 0.15) is 16.1 Å². The van der Waals surface area contributed by atoms with E-state index in [2.05, 4.69) is 9.72 Å². The van der Waals surface area contributed by atoms with Crippen LogP contribution in [0.25, 0.3) is 0 Å². The highest BCUT2D eigenvalue weighted by molar-refractivity contribution is 5.95. The van der Waals surface area contributed by atoms with Crippen molar-refractivity contribution in [1.29, 1.82) is 0 Å². The molecule has 94 valence electrons. The quantitative estimate of drug-likeness (QED) is 0.827. The average Bonchev–Trinajstić information content (AvgIpc) is 2.90. The highest BCUT2D eigenvalue weighted by Gasteiger charge is 2.12. The second kappa shape index (κ2) is 5.22. The molecule has 2 aromatic heterocycles. The molecule has 0 aromatic carbocycles. The van der Waals surface area contributed by atoms with Gasteiger partial charge in [-0.05, 0) is 12.1 Å². The van der Waals surface area contributed by atoms with E-state index in [4.69, 9.17) is 14.9 Å². The van der Waals surface area contributed by atoms with Gasteiger partial charge in [0.1, 0.15) is 12.4 Å². The number of ether oxygens (including phenoxy) is 2. The van der Waals surface area contributed by atoms with Crippen LogP contribution in [0.2, 0.25) is 0 Å². The number of nitrogen functional groups attached to an aromatic ring is 1. The lowest BCUT2D eigenvalue weighted by Crippen LogP contribution is -2.07. The fraction of sp³-hybridized carbons (Fsp3) is 0.167. The largest absolute Gasteiger partial charge is 0.469 e. The second-order valence-corrected chi connectivity index (χ2v) is 3.47. The van der Waals surface area contributed by atoms with Crippen molar-refractivity contribution < 1.29 is 18.7 Å². The van der Waals surface area contributed by atoms with Gasteiger partial charge < -0.3 is 19.6 Å². The first-order valence-electron chi connectivity index (χ1n) is 5.19. The summed E-state index contributed by atoms with van der Waals surface area (Å²) in [4.78, 5) is 15.4. The van der Waals surface area contributed by atoms with Crippen molar-refractivity contribution in [3.05, 3.63) is 42.0 Å². The van der Waals surface area contributed by atoms with Crippen LogP contribution in [0.4, 0.5) is 5.69 Å². The average molecular weight is 248 g/mol. The van der Waals surface area contributed by atoms with E-state index in [9.17, 15) is 4.79 Å². The molecule has 0 saturated carbocycles. The van der Waals surface area contributed by atoms with Gasteiger partial charge in [0.05, 0.1) is 30.8 Å². The predicted octanol–water partition coefficient (Wildman–Crippen LogP) is 1.62. The first-order chi connectivity index (χ1) is 8.70. The van der Waals surface area contributed by atoms with Gasteiger partial charge in [-0.2, -0.15) is 0 Å². The highest BCUT2D eigenvalue weighted by Crippen LogP contribution is 2.18.